The predicted octanol–water partition coefficient (Wildman–Crippen LogP) is -0.760. The average Bonchev–Trinajstić information content (AvgIpc) is 2.36. The minimum absolute atomic E-state index is 0.0256. The van der Waals surface area contributed by atoms with E-state index in [4.69, 9.17) is 9.47 Å². The molecule has 1 aliphatic heterocycles. The van der Waals surface area contributed by atoms with Crippen molar-refractivity contribution in [3.05, 3.63) is 0 Å². The van der Waals surface area contributed by atoms with Crippen molar-refractivity contribution in [2.45, 2.75) is 26.1 Å². The first-order valence-corrected chi connectivity index (χ1v) is 7.38. The summed E-state index contributed by atoms with van der Waals surface area (Å²) in [4.78, 5) is 22.6. The highest BCUT2D eigenvalue weighted by Gasteiger charge is 2.34. The second kappa shape index (κ2) is 6.86. The Hall–Kier alpha value is -1.39. The maximum absolute atomic E-state index is 11.9. The van der Waals surface area contributed by atoms with E-state index in [9.17, 15) is 18.0 Å². The Morgan fingerprint density at radius 3 is 2.60 bits per heavy atom. The first-order chi connectivity index (χ1) is 9.26. The fourth-order valence-electron chi connectivity index (χ4n) is 1.53. The van der Waals surface area contributed by atoms with Gasteiger partial charge in [-0.2, -0.15) is 12.7 Å². The quantitative estimate of drug-likeness (QED) is 0.679. The van der Waals surface area contributed by atoms with Gasteiger partial charge in [0.1, 0.15) is 0 Å². The van der Waals surface area contributed by atoms with Gasteiger partial charge in [-0.3, -0.25) is 0 Å². The third-order valence-corrected chi connectivity index (χ3v) is 3.82. The molecule has 0 radical (unpaired) electrons. The lowest BCUT2D eigenvalue weighted by Crippen LogP contribution is -2.53. The standard InChI is InChI=1S/C10H18N2O7S/c1-7(2)19-10(14)11-20(15,16)12-4-5-18-8(6-12)9(13)17-3/h7-8H,4-6H2,1-3H3,(H,11,14). The summed E-state index contributed by atoms with van der Waals surface area (Å²) in [6, 6.07) is 0. The first kappa shape index (κ1) is 16.7. The zero-order chi connectivity index (χ0) is 15.3. The fourth-order valence-corrected chi connectivity index (χ4v) is 2.56. The van der Waals surface area contributed by atoms with E-state index in [1.807, 2.05) is 0 Å². The molecular formula is C10H18N2O7S. The van der Waals surface area contributed by atoms with Crippen LogP contribution in [0.15, 0.2) is 0 Å². The molecule has 0 saturated carbocycles. The molecule has 116 valence electrons. The summed E-state index contributed by atoms with van der Waals surface area (Å²) in [7, 11) is -2.90. The second-order valence-electron chi connectivity index (χ2n) is 4.30. The molecule has 1 amide bonds. The van der Waals surface area contributed by atoms with Crippen molar-refractivity contribution in [2.24, 2.45) is 0 Å². The van der Waals surface area contributed by atoms with Crippen molar-refractivity contribution < 1.29 is 32.2 Å². The van der Waals surface area contributed by atoms with Gasteiger partial charge in [-0.25, -0.2) is 14.3 Å². The molecule has 0 bridgehead atoms. The van der Waals surface area contributed by atoms with Crippen LogP contribution in [0.3, 0.4) is 0 Å². The molecule has 20 heavy (non-hydrogen) atoms. The van der Waals surface area contributed by atoms with Crippen LogP contribution in [0.25, 0.3) is 0 Å². The van der Waals surface area contributed by atoms with E-state index in [-0.39, 0.29) is 19.7 Å². The number of carbonyl (C=O) groups excluding carboxylic acids is 2. The van der Waals surface area contributed by atoms with E-state index in [1.165, 1.54) is 7.11 Å². The van der Waals surface area contributed by atoms with Crippen LogP contribution in [0.2, 0.25) is 0 Å². The summed E-state index contributed by atoms with van der Waals surface area (Å²) < 4.78 is 40.9. The van der Waals surface area contributed by atoms with Crippen molar-refractivity contribution in [1.29, 1.82) is 0 Å². The highest BCUT2D eigenvalue weighted by atomic mass is 32.2. The van der Waals surface area contributed by atoms with Crippen LogP contribution < -0.4 is 4.72 Å². The summed E-state index contributed by atoms with van der Waals surface area (Å²) >= 11 is 0. The molecule has 1 atom stereocenters. The summed E-state index contributed by atoms with van der Waals surface area (Å²) in [5, 5.41) is 0. The number of ether oxygens (including phenoxy) is 3. The van der Waals surface area contributed by atoms with Crippen molar-refractivity contribution in [3.63, 3.8) is 0 Å². The second-order valence-corrected chi connectivity index (χ2v) is 5.97. The van der Waals surface area contributed by atoms with Crippen molar-refractivity contribution >= 4 is 22.3 Å². The van der Waals surface area contributed by atoms with Crippen LogP contribution in [0.1, 0.15) is 13.8 Å². The maximum Gasteiger partial charge on any atom is 0.422 e. The molecular weight excluding hydrogens is 292 g/mol. The lowest BCUT2D eigenvalue weighted by atomic mass is 10.3. The molecule has 1 fully saturated rings. The van der Waals surface area contributed by atoms with Crippen molar-refractivity contribution in [2.75, 3.05) is 26.8 Å². The van der Waals surface area contributed by atoms with Crippen LogP contribution >= 0.6 is 0 Å². The predicted molar refractivity (Wildman–Crippen MR) is 67.0 cm³/mol. The van der Waals surface area contributed by atoms with Crippen molar-refractivity contribution in [1.82, 2.24) is 9.03 Å². The number of amides is 1. The topological polar surface area (TPSA) is 111 Å². The molecule has 1 unspecified atom stereocenters. The third kappa shape index (κ3) is 4.62. The van der Waals surface area contributed by atoms with Gasteiger partial charge < -0.3 is 14.2 Å². The van der Waals surface area contributed by atoms with Crippen LogP contribution in [-0.4, -0.2) is 63.8 Å². The van der Waals surface area contributed by atoms with Gasteiger partial charge in [-0.1, -0.05) is 0 Å². The number of morpholine rings is 1. The number of nitrogens with one attached hydrogen (secondary N) is 1. The smallest absolute Gasteiger partial charge is 0.422 e. The van der Waals surface area contributed by atoms with Gasteiger partial charge in [0, 0.05) is 6.54 Å². The Bertz CT molecular complexity index is 462. The molecule has 0 spiro atoms. The maximum atomic E-state index is 11.9. The summed E-state index contributed by atoms with van der Waals surface area (Å²) in [6.07, 6.45) is -2.52. The number of methoxy groups -OCH3 is 1. The average molecular weight is 310 g/mol. The summed E-state index contributed by atoms with van der Waals surface area (Å²) in [5.41, 5.74) is 0. The lowest BCUT2D eigenvalue weighted by molar-refractivity contribution is -0.157. The first-order valence-electron chi connectivity index (χ1n) is 5.94. The number of hydrogen-bond donors (Lipinski definition) is 1. The minimum atomic E-state index is -4.08. The molecule has 0 aromatic carbocycles. The van der Waals surface area contributed by atoms with E-state index in [0.717, 1.165) is 4.31 Å². The molecule has 0 aliphatic carbocycles. The third-order valence-electron chi connectivity index (χ3n) is 2.39. The Balaban J connectivity index is 2.67. The number of rotatable bonds is 4. The van der Waals surface area contributed by atoms with Gasteiger partial charge in [0.15, 0.2) is 6.10 Å². The number of esters is 1. The highest BCUT2D eigenvalue weighted by Crippen LogP contribution is 2.10. The van der Waals surface area contributed by atoms with Crippen LogP contribution in [-0.2, 0) is 29.2 Å². The lowest BCUT2D eigenvalue weighted by Gasteiger charge is -2.30. The summed E-state index contributed by atoms with van der Waals surface area (Å²) in [5.74, 6) is -0.672. The van der Waals surface area contributed by atoms with Gasteiger partial charge in [0.05, 0.1) is 26.4 Å². The molecule has 1 heterocycles. The number of nitrogens with zero attached hydrogens (tertiary/aromatic N) is 1. The Kier molecular flexibility index (Phi) is 5.72. The van der Waals surface area contributed by atoms with Crippen molar-refractivity contribution in [3.8, 4) is 0 Å². The molecule has 1 saturated heterocycles. The van der Waals surface area contributed by atoms with Gasteiger partial charge >= 0.3 is 22.3 Å². The Morgan fingerprint density at radius 1 is 1.40 bits per heavy atom. The monoisotopic (exact) mass is 310 g/mol. The van der Waals surface area contributed by atoms with E-state index in [2.05, 4.69) is 4.74 Å². The minimum Gasteiger partial charge on any atom is -0.467 e. The van der Waals surface area contributed by atoms with Gasteiger partial charge in [0.2, 0.25) is 0 Å². The van der Waals surface area contributed by atoms with Gasteiger partial charge in [-0.05, 0) is 13.8 Å². The normalized spacial score (nSPS) is 20.5. The number of carbonyl (C=O) groups is 2. The Morgan fingerprint density at radius 2 is 2.05 bits per heavy atom. The Labute approximate surface area is 117 Å². The van der Waals surface area contributed by atoms with Gasteiger partial charge in [0.25, 0.3) is 0 Å². The molecule has 9 nitrogen and oxygen atoms in total. The fraction of sp³-hybridized carbons (Fsp3) is 0.800. The largest absolute Gasteiger partial charge is 0.467 e. The highest BCUT2D eigenvalue weighted by molar-refractivity contribution is 7.87. The molecule has 0 aromatic heterocycles. The zero-order valence-electron chi connectivity index (χ0n) is 11.5. The van der Waals surface area contributed by atoms with E-state index < -0.39 is 34.5 Å². The zero-order valence-corrected chi connectivity index (χ0v) is 12.3. The molecule has 10 heteroatoms. The van der Waals surface area contributed by atoms with E-state index >= 15 is 0 Å². The molecule has 1 aliphatic rings. The molecule has 0 aromatic rings. The van der Waals surface area contributed by atoms with Crippen LogP contribution in [0.4, 0.5) is 4.79 Å². The summed E-state index contributed by atoms with van der Waals surface area (Å²) in [6.45, 7) is 3.01. The molecule has 1 N–H and O–H groups in total. The molecule has 1 rings (SSSR count). The van der Waals surface area contributed by atoms with E-state index in [0.29, 0.717) is 0 Å². The van der Waals surface area contributed by atoms with Crippen LogP contribution in [0, 0.1) is 0 Å². The van der Waals surface area contributed by atoms with Crippen LogP contribution in [0.5, 0.6) is 0 Å². The SMILES string of the molecule is COC(=O)C1CN(S(=O)(=O)NC(=O)OC(C)C)CCO1. The number of hydrogen-bond acceptors (Lipinski definition) is 7. The van der Waals surface area contributed by atoms with Gasteiger partial charge in [-0.15, -0.1) is 0 Å². The van der Waals surface area contributed by atoms with E-state index in [1.54, 1.807) is 18.6 Å².